The van der Waals surface area contributed by atoms with Gasteiger partial charge in [-0.15, -0.1) is 11.6 Å². The van der Waals surface area contributed by atoms with Gasteiger partial charge in [0.05, 0.1) is 0 Å². The summed E-state index contributed by atoms with van der Waals surface area (Å²) >= 11 is 17.9. The number of halogens is 3. The lowest BCUT2D eigenvalue weighted by Crippen LogP contribution is -2.22. The molecule has 0 bridgehead atoms. The molecule has 1 nitrogen and oxygen atoms in total. The molecule has 84 valence electrons. The maximum Gasteiger partial charge on any atom is 0.0458 e. The predicted octanol–water partition coefficient (Wildman–Crippen LogP) is 4.10. The van der Waals surface area contributed by atoms with Crippen molar-refractivity contribution in [2.24, 2.45) is 0 Å². The van der Waals surface area contributed by atoms with Crippen LogP contribution in [0.4, 0.5) is 0 Å². The molecule has 0 saturated carbocycles. The summed E-state index contributed by atoms with van der Waals surface area (Å²) in [5, 5.41) is 4.85. The minimum absolute atomic E-state index is 0.169. The maximum absolute atomic E-state index is 6.01. The zero-order valence-electron chi connectivity index (χ0n) is 8.56. The van der Waals surface area contributed by atoms with E-state index >= 15 is 0 Å². The Bertz CT molecular complexity index is 315. The molecule has 0 aliphatic heterocycles. The highest BCUT2D eigenvalue weighted by Crippen LogP contribution is 2.20. The Labute approximate surface area is 106 Å². The van der Waals surface area contributed by atoms with Crippen molar-refractivity contribution in [1.82, 2.24) is 5.32 Å². The summed E-state index contributed by atoms with van der Waals surface area (Å²) in [5.74, 6) is 0. The molecule has 0 aliphatic rings. The molecule has 1 N–H and O–H groups in total. The summed E-state index contributed by atoms with van der Waals surface area (Å²) in [7, 11) is 0. The standard InChI is InChI=1S/C11H14Cl3N/c1-2-9(12)7-15-6-8-5-10(13)3-4-11(8)14/h3-5,9,15H,2,6-7H2,1H3. The van der Waals surface area contributed by atoms with E-state index in [1.54, 1.807) is 12.1 Å². The van der Waals surface area contributed by atoms with Crippen LogP contribution >= 0.6 is 34.8 Å². The second kappa shape index (κ2) is 6.59. The lowest BCUT2D eigenvalue weighted by atomic mass is 10.2. The minimum atomic E-state index is 0.169. The lowest BCUT2D eigenvalue weighted by molar-refractivity contribution is 0.647. The Morgan fingerprint density at radius 1 is 1.33 bits per heavy atom. The van der Waals surface area contributed by atoms with Crippen LogP contribution in [0, 0.1) is 0 Å². The van der Waals surface area contributed by atoms with Gasteiger partial charge in [0.15, 0.2) is 0 Å². The highest BCUT2D eigenvalue weighted by atomic mass is 35.5. The molecule has 0 heterocycles. The molecule has 1 aromatic rings. The van der Waals surface area contributed by atoms with Crippen molar-refractivity contribution in [3.8, 4) is 0 Å². The SMILES string of the molecule is CCC(Cl)CNCc1cc(Cl)ccc1Cl. The fourth-order valence-corrected chi connectivity index (χ4v) is 1.67. The molecule has 0 fully saturated rings. The van der Waals surface area contributed by atoms with Crippen LogP contribution in [0.2, 0.25) is 10.0 Å². The van der Waals surface area contributed by atoms with Crippen molar-refractivity contribution in [3.63, 3.8) is 0 Å². The molecule has 0 amide bonds. The van der Waals surface area contributed by atoms with E-state index in [-0.39, 0.29) is 5.38 Å². The highest BCUT2D eigenvalue weighted by Gasteiger charge is 2.03. The van der Waals surface area contributed by atoms with Crippen LogP contribution in [0.15, 0.2) is 18.2 Å². The highest BCUT2D eigenvalue weighted by molar-refractivity contribution is 6.33. The Morgan fingerprint density at radius 3 is 2.73 bits per heavy atom. The zero-order chi connectivity index (χ0) is 11.3. The molecule has 0 saturated heterocycles. The van der Waals surface area contributed by atoms with Gasteiger partial charge in [-0.25, -0.2) is 0 Å². The summed E-state index contributed by atoms with van der Waals surface area (Å²) in [6, 6.07) is 5.45. The molecule has 0 aromatic heterocycles. The Kier molecular flexibility index (Phi) is 5.77. The number of hydrogen-bond donors (Lipinski definition) is 1. The van der Waals surface area contributed by atoms with Crippen molar-refractivity contribution in [1.29, 1.82) is 0 Å². The van der Waals surface area contributed by atoms with Gasteiger partial charge in [-0.2, -0.15) is 0 Å². The van der Waals surface area contributed by atoms with Crippen LogP contribution in [0.1, 0.15) is 18.9 Å². The first kappa shape index (κ1) is 13.1. The number of hydrogen-bond acceptors (Lipinski definition) is 1. The van der Waals surface area contributed by atoms with E-state index in [2.05, 4.69) is 12.2 Å². The van der Waals surface area contributed by atoms with Crippen molar-refractivity contribution in [3.05, 3.63) is 33.8 Å². The zero-order valence-corrected chi connectivity index (χ0v) is 10.8. The first-order chi connectivity index (χ1) is 7.13. The molecular formula is C11H14Cl3N. The fraction of sp³-hybridized carbons (Fsp3) is 0.455. The molecule has 1 atom stereocenters. The predicted molar refractivity (Wildman–Crippen MR) is 68.1 cm³/mol. The Hall–Kier alpha value is 0.0500. The minimum Gasteiger partial charge on any atom is -0.311 e. The molecule has 0 radical (unpaired) electrons. The van der Waals surface area contributed by atoms with Crippen molar-refractivity contribution in [2.75, 3.05) is 6.54 Å². The summed E-state index contributed by atoms with van der Waals surface area (Å²) in [4.78, 5) is 0. The second-order valence-corrected chi connectivity index (χ2v) is 4.83. The van der Waals surface area contributed by atoms with Crippen molar-refractivity contribution < 1.29 is 0 Å². The number of nitrogens with one attached hydrogen (secondary N) is 1. The van der Waals surface area contributed by atoms with E-state index < -0.39 is 0 Å². The second-order valence-electron chi connectivity index (χ2n) is 3.37. The largest absolute Gasteiger partial charge is 0.311 e. The van der Waals surface area contributed by atoms with Gasteiger partial charge in [0.2, 0.25) is 0 Å². The Morgan fingerprint density at radius 2 is 2.07 bits per heavy atom. The van der Waals surface area contributed by atoms with Crippen LogP contribution in [-0.4, -0.2) is 11.9 Å². The quantitative estimate of drug-likeness (QED) is 0.791. The third-order valence-electron chi connectivity index (χ3n) is 2.13. The number of rotatable bonds is 5. The number of alkyl halides is 1. The average Bonchev–Trinajstić information content (AvgIpc) is 2.23. The molecule has 15 heavy (non-hydrogen) atoms. The molecule has 0 aliphatic carbocycles. The van der Waals surface area contributed by atoms with Crippen LogP contribution in [-0.2, 0) is 6.54 Å². The summed E-state index contributed by atoms with van der Waals surface area (Å²) < 4.78 is 0. The third-order valence-corrected chi connectivity index (χ3v) is 3.20. The monoisotopic (exact) mass is 265 g/mol. The first-order valence-electron chi connectivity index (χ1n) is 4.92. The molecule has 0 spiro atoms. The van der Waals surface area contributed by atoms with E-state index in [4.69, 9.17) is 34.8 Å². The van der Waals surface area contributed by atoms with Gasteiger partial charge in [0.25, 0.3) is 0 Å². The van der Waals surface area contributed by atoms with E-state index in [9.17, 15) is 0 Å². The van der Waals surface area contributed by atoms with Crippen LogP contribution < -0.4 is 5.32 Å². The smallest absolute Gasteiger partial charge is 0.0458 e. The first-order valence-corrected chi connectivity index (χ1v) is 6.11. The summed E-state index contributed by atoms with van der Waals surface area (Å²) in [6.45, 7) is 3.54. The van der Waals surface area contributed by atoms with E-state index in [0.717, 1.165) is 23.6 Å². The third kappa shape index (κ3) is 4.60. The average molecular weight is 267 g/mol. The van der Waals surface area contributed by atoms with Crippen molar-refractivity contribution in [2.45, 2.75) is 25.3 Å². The molecular weight excluding hydrogens is 252 g/mol. The normalized spacial score (nSPS) is 12.8. The lowest BCUT2D eigenvalue weighted by Gasteiger charge is -2.09. The van der Waals surface area contributed by atoms with E-state index in [0.29, 0.717) is 11.6 Å². The van der Waals surface area contributed by atoms with Gasteiger partial charge in [-0.05, 0) is 30.2 Å². The van der Waals surface area contributed by atoms with Gasteiger partial charge in [0, 0.05) is 28.5 Å². The van der Waals surface area contributed by atoms with Crippen LogP contribution in [0.5, 0.6) is 0 Å². The van der Waals surface area contributed by atoms with Gasteiger partial charge in [-0.3, -0.25) is 0 Å². The van der Waals surface area contributed by atoms with Gasteiger partial charge in [-0.1, -0.05) is 30.1 Å². The molecule has 4 heteroatoms. The van der Waals surface area contributed by atoms with E-state index in [1.165, 1.54) is 0 Å². The fourth-order valence-electron chi connectivity index (χ4n) is 1.19. The molecule has 1 rings (SSSR count). The topological polar surface area (TPSA) is 12.0 Å². The van der Waals surface area contributed by atoms with Crippen LogP contribution in [0.3, 0.4) is 0 Å². The van der Waals surface area contributed by atoms with E-state index in [1.807, 2.05) is 6.07 Å². The van der Waals surface area contributed by atoms with Gasteiger partial charge < -0.3 is 5.32 Å². The molecule has 1 unspecified atom stereocenters. The molecule has 1 aromatic carbocycles. The maximum atomic E-state index is 6.01. The summed E-state index contributed by atoms with van der Waals surface area (Å²) in [5.41, 5.74) is 1.00. The Balaban J connectivity index is 2.46. The van der Waals surface area contributed by atoms with Gasteiger partial charge >= 0.3 is 0 Å². The van der Waals surface area contributed by atoms with Crippen LogP contribution in [0.25, 0.3) is 0 Å². The van der Waals surface area contributed by atoms with Gasteiger partial charge in [0.1, 0.15) is 0 Å². The summed E-state index contributed by atoms with van der Waals surface area (Å²) in [6.07, 6.45) is 0.956. The van der Waals surface area contributed by atoms with Crippen molar-refractivity contribution >= 4 is 34.8 Å². The number of benzene rings is 1.